The fourth-order valence-corrected chi connectivity index (χ4v) is 4.18. The fraction of sp³-hybridized carbons (Fsp3) is 0.391. The summed E-state index contributed by atoms with van der Waals surface area (Å²) in [4.78, 5) is 26.6. The van der Waals surface area contributed by atoms with Gasteiger partial charge in [-0.1, -0.05) is 37.5 Å². The smallest absolute Gasteiger partial charge is 0.292 e. The van der Waals surface area contributed by atoms with Crippen LogP contribution in [0.2, 0.25) is 0 Å². The topological polar surface area (TPSA) is 63.2 Å². The Morgan fingerprint density at radius 1 is 0.893 bits per heavy atom. The molecule has 1 heterocycles. The van der Waals surface area contributed by atoms with E-state index in [4.69, 9.17) is 4.74 Å². The second-order valence-electron chi connectivity index (χ2n) is 7.76. The van der Waals surface area contributed by atoms with Crippen molar-refractivity contribution in [2.75, 3.05) is 11.4 Å². The van der Waals surface area contributed by atoms with Gasteiger partial charge in [0.15, 0.2) is 6.04 Å². The van der Waals surface area contributed by atoms with Crippen LogP contribution in [0, 0.1) is 5.92 Å². The predicted octanol–water partition coefficient (Wildman–Crippen LogP) is 3.25. The minimum absolute atomic E-state index is 0.0995. The molecule has 0 spiro atoms. The number of carbonyl (C=O) groups is 2. The van der Waals surface area contributed by atoms with Crippen molar-refractivity contribution in [1.82, 2.24) is 0 Å². The van der Waals surface area contributed by atoms with Crippen molar-refractivity contribution in [3.63, 3.8) is 0 Å². The number of para-hydroxylation sites is 1. The molecule has 1 saturated heterocycles. The number of nitrogens with zero attached hydrogens (tertiary/aromatic N) is 1. The number of quaternary nitrogens is 1. The van der Waals surface area contributed by atoms with Gasteiger partial charge in [0.05, 0.1) is 18.7 Å². The molecule has 5 heteroatoms. The van der Waals surface area contributed by atoms with E-state index in [0.29, 0.717) is 17.4 Å². The van der Waals surface area contributed by atoms with E-state index in [1.54, 1.807) is 24.3 Å². The Hall–Kier alpha value is -2.66. The third-order valence-corrected chi connectivity index (χ3v) is 5.73. The SMILES string of the molecule is O=C1C[C@H]([NH2+]CC2CCCCC2)C(=O)N1c1ccc(Oc2ccccc2)cc1. The van der Waals surface area contributed by atoms with Crippen LogP contribution in [-0.4, -0.2) is 24.4 Å². The zero-order valence-corrected chi connectivity index (χ0v) is 16.0. The normalized spacial score (nSPS) is 20.6. The lowest BCUT2D eigenvalue weighted by Gasteiger charge is -2.21. The van der Waals surface area contributed by atoms with E-state index >= 15 is 0 Å². The van der Waals surface area contributed by atoms with Gasteiger partial charge in [-0.05, 0) is 49.2 Å². The van der Waals surface area contributed by atoms with Gasteiger partial charge in [0.1, 0.15) is 11.5 Å². The molecule has 146 valence electrons. The van der Waals surface area contributed by atoms with E-state index in [1.807, 2.05) is 30.3 Å². The average molecular weight is 379 g/mol. The molecule has 1 aliphatic carbocycles. The van der Waals surface area contributed by atoms with Crippen LogP contribution >= 0.6 is 0 Å². The fourth-order valence-electron chi connectivity index (χ4n) is 4.18. The van der Waals surface area contributed by atoms with E-state index in [-0.39, 0.29) is 24.3 Å². The number of amides is 2. The zero-order chi connectivity index (χ0) is 19.3. The highest BCUT2D eigenvalue weighted by Gasteiger charge is 2.42. The Balaban J connectivity index is 1.38. The summed E-state index contributed by atoms with van der Waals surface area (Å²) in [5.74, 6) is 1.89. The van der Waals surface area contributed by atoms with Crippen molar-refractivity contribution in [1.29, 1.82) is 0 Å². The highest BCUT2D eigenvalue weighted by molar-refractivity contribution is 6.21. The van der Waals surface area contributed by atoms with Gasteiger partial charge in [0, 0.05) is 5.92 Å². The van der Waals surface area contributed by atoms with Gasteiger partial charge in [-0.25, -0.2) is 4.90 Å². The number of rotatable bonds is 6. The van der Waals surface area contributed by atoms with Crippen LogP contribution in [0.5, 0.6) is 11.5 Å². The molecular formula is C23H27N2O3+. The molecule has 2 aliphatic rings. The molecule has 2 N–H and O–H groups in total. The standard InChI is InChI=1S/C23H26N2O3/c26-22-15-21(24-16-17-7-3-1-4-8-17)23(27)25(22)18-11-13-20(14-12-18)28-19-9-5-2-6-10-19/h2,5-6,9-14,17,21,24H,1,3-4,7-8,15-16H2/p+1/t21-/m0/s1. The maximum atomic E-state index is 12.8. The second-order valence-corrected chi connectivity index (χ2v) is 7.76. The lowest BCUT2D eigenvalue weighted by atomic mass is 9.89. The van der Waals surface area contributed by atoms with Gasteiger partial charge in [-0.3, -0.25) is 9.59 Å². The summed E-state index contributed by atoms with van der Waals surface area (Å²) in [6.45, 7) is 0.946. The van der Waals surface area contributed by atoms with E-state index < -0.39 is 0 Å². The summed E-state index contributed by atoms with van der Waals surface area (Å²) in [5.41, 5.74) is 0.615. The van der Waals surface area contributed by atoms with E-state index in [0.717, 1.165) is 12.3 Å². The molecule has 2 aromatic rings. The maximum absolute atomic E-state index is 12.8. The van der Waals surface area contributed by atoms with Crippen LogP contribution in [0.15, 0.2) is 54.6 Å². The van der Waals surface area contributed by atoms with Crippen LogP contribution in [0.3, 0.4) is 0 Å². The highest BCUT2D eigenvalue weighted by Crippen LogP contribution is 2.27. The second kappa shape index (κ2) is 8.57. The Kier molecular flexibility index (Phi) is 5.72. The Morgan fingerprint density at radius 2 is 1.57 bits per heavy atom. The Morgan fingerprint density at radius 3 is 2.29 bits per heavy atom. The van der Waals surface area contributed by atoms with Crippen molar-refractivity contribution >= 4 is 17.5 Å². The molecule has 2 aromatic carbocycles. The van der Waals surface area contributed by atoms with Crippen molar-refractivity contribution in [2.24, 2.45) is 5.92 Å². The summed E-state index contributed by atoms with van der Waals surface area (Å²) in [6, 6.07) is 16.4. The van der Waals surface area contributed by atoms with E-state index in [2.05, 4.69) is 5.32 Å². The first-order valence-electron chi connectivity index (χ1n) is 10.2. The number of imide groups is 1. The maximum Gasteiger partial charge on any atom is 0.292 e. The molecule has 4 rings (SSSR count). The lowest BCUT2D eigenvalue weighted by molar-refractivity contribution is -0.680. The first kappa shape index (κ1) is 18.7. The van der Waals surface area contributed by atoms with Crippen molar-refractivity contribution < 1.29 is 19.6 Å². The molecule has 2 fully saturated rings. The number of ether oxygens (including phenoxy) is 1. The molecule has 1 atom stereocenters. The van der Waals surface area contributed by atoms with Gasteiger partial charge in [-0.15, -0.1) is 0 Å². The molecule has 5 nitrogen and oxygen atoms in total. The quantitative estimate of drug-likeness (QED) is 0.784. The highest BCUT2D eigenvalue weighted by atomic mass is 16.5. The molecule has 1 aliphatic heterocycles. The first-order chi connectivity index (χ1) is 13.7. The molecule has 0 aromatic heterocycles. The largest absolute Gasteiger partial charge is 0.457 e. The summed E-state index contributed by atoms with van der Waals surface area (Å²) in [6.07, 6.45) is 6.69. The van der Waals surface area contributed by atoms with Gasteiger partial charge in [0.25, 0.3) is 5.91 Å². The number of nitrogens with two attached hydrogens (primary N) is 1. The van der Waals surface area contributed by atoms with E-state index in [1.165, 1.54) is 37.0 Å². The van der Waals surface area contributed by atoms with E-state index in [9.17, 15) is 9.59 Å². The lowest BCUT2D eigenvalue weighted by Crippen LogP contribution is -2.92. The van der Waals surface area contributed by atoms with Crippen LogP contribution in [0.4, 0.5) is 5.69 Å². The average Bonchev–Trinajstić information content (AvgIpc) is 3.02. The van der Waals surface area contributed by atoms with Crippen LogP contribution in [-0.2, 0) is 9.59 Å². The third-order valence-electron chi connectivity index (χ3n) is 5.73. The van der Waals surface area contributed by atoms with Gasteiger partial charge < -0.3 is 10.1 Å². The molecule has 28 heavy (non-hydrogen) atoms. The Bertz CT molecular complexity index is 814. The van der Waals surface area contributed by atoms with Gasteiger partial charge in [0.2, 0.25) is 5.91 Å². The summed E-state index contributed by atoms with van der Waals surface area (Å²) < 4.78 is 5.78. The number of hydrogen-bond donors (Lipinski definition) is 1. The first-order valence-corrected chi connectivity index (χ1v) is 10.2. The molecule has 0 radical (unpaired) electrons. The molecule has 1 saturated carbocycles. The zero-order valence-electron chi connectivity index (χ0n) is 16.0. The number of anilines is 1. The van der Waals surface area contributed by atoms with Crippen LogP contribution in [0.25, 0.3) is 0 Å². The molecule has 0 bridgehead atoms. The number of carbonyl (C=O) groups excluding carboxylic acids is 2. The Labute approximate surface area is 165 Å². The summed E-state index contributed by atoms with van der Waals surface area (Å²) in [5, 5.41) is 2.09. The molecular weight excluding hydrogens is 352 g/mol. The summed E-state index contributed by atoms with van der Waals surface area (Å²) in [7, 11) is 0. The summed E-state index contributed by atoms with van der Waals surface area (Å²) >= 11 is 0. The third kappa shape index (κ3) is 4.25. The van der Waals surface area contributed by atoms with Crippen molar-refractivity contribution in [2.45, 2.75) is 44.6 Å². The van der Waals surface area contributed by atoms with Crippen molar-refractivity contribution in [3.05, 3.63) is 54.6 Å². The van der Waals surface area contributed by atoms with Gasteiger partial charge in [-0.2, -0.15) is 0 Å². The monoisotopic (exact) mass is 379 g/mol. The molecule has 0 unspecified atom stereocenters. The number of hydrogen-bond acceptors (Lipinski definition) is 3. The van der Waals surface area contributed by atoms with Crippen LogP contribution in [0.1, 0.15) is 38.5 Å². The minimum Gasteiger partial charge on any atom is -0.457 e. The van der Waals surface area contributed by atoms with Crippen molar-refractivity contribution in [3.8, 4) is 11.5 Å². The number of benzene rings is 2. The van der Waals surface area contributed by atoms with Crippen LogP contribution < -0.4 is 15.0 Å². The molecule has 2 amide bonds. The minimum atomic E-state index is -0.283. The van der Waals surface area contributed by atoms with Gasteiger partial charge >= 0.3 is 0 Å². The predicted molar refractivity (Wildman–Crippen MR) is 107 cm³/mol.